The van der Waals surface area contributed by atoms with Gasteiger partial charge in [0.1, 0.15) is 49.5 Å². The lowest BCUT2D eigenvalue weighted by molar-refractivity contribution is -0.757. The topological polar surface area (TPSA) is 445 Å². The van der Waals surface area contributed by atoms with Gasteiger partial charge in [-0.2, -0.15) is 11.8 Å². The summed E-state index contributed by atoms with van der Waals surface area (Å²) in [5.74, 6) is -2.49. The number of aliphatic carboxylic acids is 3. The normalized spacial score (nSPS) is 21.6. The third-order valence-corrected chi connectivity index (χ3v) is 24.9. The number of likely N-dealkylation sites (tertiary alicyclic amines) is 3. The fraction of sp³-hybridized carbons (Fsp3) is 0.640. The standard InChI is InChI=1S/C26H37N3O8.C25H35N3O8.C24H33N3O8S3/c1-18(24(30)28-22-12-6-5-11-20(22)17-23(28)25(31)32)27-21(14-13-19-9-3-2-4-10-19)26(33)36-15-7-8-16-37-29(34)35;1-17(23(29)27-21-11-6-5-10-19(21)16-22(27)24(30)31)26-20(13-12-18-8-3-2-4-9-18)25(32)35-14-7-15-36-28(33)34;1-17(21(28)26-16-24(37-13-14-38-24)15-20(26)22(29)30)25-19(8-7-18-5-3-2-4-6-18)23(31)34-9-11-36-12-10-35-27(32)33/h2-4,9-10,18,20-23,27H,5-8,11-17H2,1H3,(H,31,32);2-4,8-9,17,19-22,26H,5-7,10-16H2,1H3,(H,30,31);2-6,17,19-20,25H,7-16H2,1H3,(H,29,30). The van der Waals surface area contributed by atoms with E-state index in [4.69, 9.17) is 14.2 Å². The van der Waals surface area contributed by atoms with Gasteiger partial charge in [-0.25, -0.2) is 14.4 Å². The van der Waals surface area contributed by atoms with Crippen molar-refractivity contribution in [2.24, 2.45) is 11.8 Å². The van der Waals surface area contributed by atoms with Crippen LogP contribution in [0.5, 0.6) is 0 Å². The average Bonchev–Trinajstić information content (AvgIpc) is 1.64. The number of benzene rings is 3. The summed E-state index contributed by atoms with van der Waals surface area (Å²) in [7, 11) is 0. The molecule has 3 aromatic carbocycles. The fourth-order valence-corrected chi connectivity index (χ4v) is 19.0. The Morgan fingerprint density at radius 2 is 0.838 bits per heavy atom. The lowest BCUT2D eigenvalue weighted by Gasteiger charge is -2.35. The van der Waals surface area contributed by atoms with E-state index in [0.29, 0.717) is 88.7 Å². The molecule has 111 heavy (non-hydrogen) atoms. The zero-order valence-corrected chi connectivity index (χ0v) is 65.4. The number of nitrogens with zero attached hydrogens (tertiary/aromatic N) is 6. The Kier molecular flexibility index (Phi) is 37.5. The summed E-state index contributed by atoms with van der Waals surface area (Å²) in [6, 6.07) is 21.4. The van der Waals surface area contributed by atoms with Gasteiger partial charge in [-0.05, 0) is 139 Å². The minimum absolute atomic E-state index is 0.0430. The monoisotopic (exact) mass is 1610 g/mol. The zero-order valence-electron chi connectivity index (χ0n) is 62.9. The van der Waals surface area contributed by atoms with Gasteiger partial charge in [0.25, 0.3) is 15.3 Å². The van der Waals surface area contributed by atoms with Crippen LogP contribution in [0.1, 0.15) is 147 Å². The van der Waals surface area contributed by atoms with Gasteiger partial charge >= 0.3 is 35.8 Å². The first-order valence-electron chi connectivity index (χ1n) is 38.0. The Balaban J connectivity index is 0.000000231. The maximum atomic E-state index is 13.5. The number of carbonyl (C=O) groups is 9. The van der Waals surface area contributed by atoms with Crippen LogP contribution >= 0.6 is 35.3 Å². The smallest absolute Gasteiger partial charge is 0.326 e. The minimum Gasteiger partial charge on any atom is -0.480 e. The summed E-state index contributed by atoms with van der Waals surface area (Å²) in [6.45, 7) is 5.13. The number of amides is 3. The number of carboxylic acids is 3. The average molecular weight is 1610 g/mol. The molecule has 4 aliphatic heterocycles. The van der Waals surface area contributed by atoms with Gasteiger partial charge < -0.3 is 58.7 Å². The van der Waals surface area contributed by atoms with E-state index in [0.717, 1.165) is 79.6 Å². The second-order valence-electron chi connectivity index (χ2n) is 28.3. The van der Waals surface area contributed by atoms with Crippen molar-refractivity contribution in [2.45, 2.75) is 220 Å². The first-order chi connectivity index (χ1) is 53.3. The number of carboxylic acid groups (broad SMARTS) is 3. The van der Waals surface area contributed by atoms with Gasteiger partial charge in [-0.3, -0.25) is 44.7 Å². The molecule has 4 heterocycles. The van der Waals surface area contributed by atoms with E-state index in [1.165, 1.54) is 21.6 Å². The quantitative estimate of drug-likeness (QED) is 0.0106. The Morgan fingerprint density at radius 3 is 1.24 bits per heavy atom. The van der Waals surface area contributed by atoms with E-state index in [2.05, 4.69) is 30.5 Å². The molecular weight excluding hydrogens is 1510 g/mol. The molecule has 9 rings (SSSR count). The highest BCUT2D eigenvalue weighted by Crippen LogP contribution is 2.52. The Hall–Kier alpha value is -8.58. The summed E-state index contributed by atoms with van der Waals surface area (Å²) in [6.07, 6.45) is 12.6. The number of nitrogens with one attached hydrogen (secondary N) is 3. The van der Waals surface area contributed by atoms with Crippen molar-refractivity contribution in [2.75, 3.05) is 69.2 Å². The van der Waals surface area contributed by atoms with Crippen LogP contribution in [-0.4, -0.2) is 239 Å². The van der Waals surface area contributed by atoms with E-state index in [-0.39, 0.29) is 91.8 Å². The number of ether oxygens (including phenoxy) is 3. The molecule has 1 spiro atoms. The maximum Gasteiger partial charge on any atom is 0.326 e. The molecule has 36 heteroatoms. The molecule has 33 nitrogen and oxygen atoms in total. The molecule has 6 fully saturated rings. The highest BCUT2D eigenvalue weighted by atomic mass is 32.2. The predicted octanol–water partition coefficient (Wildman–Crippen LogP) is 7.41. The molecule has 0 bridgehead atoms. The van der Waals surface area contributed by atoms with Gasteiger partial charge in [0.15, 0.2) is 0 Å². The maximum absolute atomic E-state index is 13.5. The molecule has 4 saturated heterocycles. The lowest BCUT2D eigenvalue weighted by atomic mass is 9.84. The van der Waals surface area contributed by atoms with Gasteiger partial charge in [0, 0.05) is 54.5 Å². The molecular formula is C75H105N9O24S3. The van der Waals surface area contributed by atoms with Gasteiger partial charge in [-0.1, -0.05) is 117 Å². The van der Waals surface area contributed by atoms with E-state index in [1.807, 2.05) is 91.0 Å². The molecule has 2 saturated carbocycles. The van der Waals surface area contributed by atoms with E-state index in [9.17, 15) is 88.8 Å². The number of esters is 3. The first kappa shape index (κ1) is 89.6. The van der Waals surface area contributed by atoms with Crippen LogP contribution < -0.4 is 16.0 Å². The molecule has 612 valence electrons. The molecule has 3 aromatic rings. The molecule has 2 aliphatic carbocycles. The molecule has 6 N–H and O–H groups in total. The van der Waals surface area contributed by atoms with Crippen LogP contribution in [0.15, 0.2) is 91.0 Å². The number of rotatable bonds is 42. The van der Waals surface area contributed by atoms with Crippen LogP contribution in [0.25, 0.3) is 0 Å². The lowest BCUT2D eigenvalue weighted by Crippen LogP contribution is -2.55. The Labute approximate surface area is 657 Å². The summed E-state index contributed by atoms with van der Waals surface area (Å²) in [4.78, 5) is 163. The van der Waals surface area contributed by atoms with Crippen LogP contribution in [0.2, 0.25) is 0 Å². The zero-order chi connectivity index (χ0) is 80.4. The van der Waals surface area contributed by atoms with Crippen LogP contribution in [0.3, 0.4) is 0 Å². The van der Waals surface area contributed by atoms with Crippen LogP contribution in [0.4, 0.5) is 0 Å². The SMILES string of the molecule is CC(NC(CCc1ccccc1)C(=O)OCCCCO[N+](=O)[O-])C(=O)N1C(C(=O)O)CC2CCCCC21.CC(NC(CCc1ccccc1)C(=O)OCCCO[N+](=O)[O-])C(=O)N1C(C(=O)O)CC2CCCCC21.CC(NC(CCc1ccccc1)C(=O)OCCSCCO[N+](=O)[O-])C(=O)N1CC2(CC1C(=O)O)SCCS2. The van der Waals surface area contributed by atoms with Gasteiger partial charge in [-0.15, -0.1) is 53.9 Å². The molecule has 0 aromatic heterocycles. The molecule has 3 amide bonds. The number of fused-ring (bicyclic) bond motifs is 2. The molecule has 6 aliphatic rings. The Bertz CT molecular complexity index is 3520. The van der Waals surface area contributed by atoms with E-state index in [1.54, 1.807) is 49.2 Å². The van der Waals surface area contributed by atoms with Crippen molar-refractivity contribution >= 4 is 88.8 Å². The summed E-state index contributed by atoms with van der Waals surface area (Å²) < 4.78 is 15.9. The van der Waals surface area contributed by atoms with Crippen molar-refractivity contribution in [3.63, 3.8) is 0 Å². The predicted molar refractivity (Wildman–Crippen MR) is 409 cm³/mol. The van der Waals surface area contributed by atoms with E-state index >= 15 is 0 Å². The summed E-state index contributed by atoms with van der Waals surface area (Å²) >= 11 is 4.79. The molecule has 13 unspecified atom stereocenters. The number of unbranched alkanes of at least 4 members (excludes halogenated alkanes) is 1. The first-order valence-corrected chi connectivity index (χ1v) is 41.1. The van der Waals surface area contributed by atoms with Crippen molar-refractivity contribution in [1.82, 2.24) is 30.7 Å². The highest BCUT2D eigenvalue weighted by Gasteiger charge is 2.53. The number of carbonyl (C=O) groups excluding carboxylic acids is 6. The largest absolute Gasteiger partial charge is 0.480 e. The van der Waals surface area contributed by atoms with Crippen molar-refractivity contribution in [3.05, 3.63) is 138 Å². The van der Waals surface area contributed by atoms with Crippen molar-refractivity contribution < 1.29 is 102 Å². The molecule has 13 atom stereocenters. The minimum atomic E-state index is -1.02. The van der Waals surface area contributed by atoms with Crippen molar-refractivity contribution in [3.8, 4) is 0 Å². The third-order valence-electron chi connectivity index (χ3n) is 20.5. The second kappa shape index (κ2) is 46.4. The second-order valence-corrected chi connectivity index (χ2v) is 32.7. The van der Waals surface area contributed by atoms with Gasteiger partial charge in [0.2, 0.25) is 17.7 Å². The van der Waals surface area contributed by atoms with E-state index < -0.39 is 105 Å². The van der Waals surface area contributed by atoms with Crippen molar-refractivity contribution in [1.29, 1.82) is 0 Å². The number of thioether (sulfide) groups is 3. The Morgan fingerprint density at radius 1 is 0.486 bits per heavy atom. The third kappa shape index (κ3) is 28.8. The number of aryl methyl sites for hydroxylation is 3. The number of hydrogen-bond acceptors (Lipinski definition) is 27. The van der Waals surface area contributed by atoms with Crippen LogP contribution in [-0.2, 0) is 91.1 Å². The fourth-order valence-electron chi connectivity index (χ4n) is 15.1. The van der Waals surface area contributed by atoms with Crippen LogP contribution in [0, 0.1) is 42.2 Å². The molecule has 0 radical (unpaired) electrons. The summed E-state index contributed by atoms with van der Waals surface area (Å²) in [5.41, 5.74) is 3.09. The summed E-state index contributed by atoms with van der Waals surface area (Å²) in [5, 5.41) is 66.7. The van der Waals surface area contributed by atoms with Gasteiger partial charge in [0.05, 0.1) is 48.6 Å². The number of hydrogen-bond donors (Lipinski definition) is 6. The highest BCUT2D eigenvalue weighted by molar-refractivity contribution is 8.21.